The molecule has 0 atom stereocenters. The molecule has 0 saturated heterocycles. The van der Waals surface area contributed by atoms with Crippen molar-refractivity contribution in [2.45, 2.75) is 6.92 Å². The van der Waals surface area contributed by atoms with E-state index in [1.54, 1.807) is 30.5 Å². The van der Waals surface area contributed by atoms with Crippen molar-refractivity contribution in [3.8, 4) is 0 Å². The molecule has 0 aliphatic heterocycles. The van der Waals surface area contributed by atoms with Crippen LogP contribution in [0.4, 0.5) is 10.1 Å². The molecule has 1 aromatic carbocycles. The van der Waals surface area contributed by atoms with E-state index in [4.69, 9.17) is 5.11 Å². The van der Waals surface area contributed by atoms with Crippen molar-refractivity contribution >= 4 is 35.0 Å². The van der Waals surface area contributed by atoms with Crippen molar-refractivity contribution in [3.05, 3.63) is 57.5 Å². The fraction of sp³-hybridized carbons (Fsp3) is 0.0667. The predicted octanol–water partition coefficient (Wildman–Crippen LogP) is 3.55. The number of carboxylic acids is 1. The maximum absolute atomic E-state index is 13.7. The van der Waals surface area contributed by atoms with Crippen LogP contribution in [0.2, 0.25) is 0 Å². The number of nitrogens with one attached hydrogen (secondary N) is 1. The number of aryl methyl sites for hydroxylation is 1. The van der Waals surface area contributed by atoms with Crippen LogP contribution in [-0.2, 0) is 4.79 Å². The van der Waals surface area contributed by atoms with Gasteiger partial charge in [0.25, 0.3) is 5.91 Å². The lowest BCUT2D eigenvalue weighted by molar-refractivity contribution is -0.131. The average molecular weight is 305 g/mol. The molecule has 108 valence electrons. The van der Waals surface area contributed by atoms with Crippen LogP contribution in [0.5, 0.6) is 0 Å². The molecule has 2 aromatic rings. The van der Waals surface area contributed by atoms with Crippen molar-refractivity contribution in [3.63, 3.8) is 0 Å². The van der Waals surface area contributed by atoms with E-state index in [-0.39, 0.29) is 5.69 Å². The van der Waals surface area contributed by atoms with Crippen LogP contribution in [0.1, 0.15) is 20.8 Å². The van der Waals surface area contributed by atoms with Gasteiger partial charge in [0.15, 0.2) is 0 Å². The third-order valence-electron chi connectivity index (χ3n) is 2.77. The summed E-state index contributed by atoms with van der Waals surface area (Å²) in [6.07, 6.45) is 2.29. The van der Waals surface area contributed by atoms with Gasteiger partial charge in [0.1, 0.15) is 5.82 Å². The first kappa shape index (κ1) is 14.9. The van der Waals surface area contributed by atoms with Gasteiger partial charge in [-0.05, 0) is 41.6 Å². The molecule has 2 N–H and O–H groups in total. The van der Waals surface area contributed by atoms with Gasteiger partial charge in [-0.15, -0.1) is 11.3 Å². The topological polar surface area (TPSA) is 66.4 Å². The summed E-state index contributed by atoms with van der Waals surface area (Å²) in [6, 6.07) is 6.15. The fourth-order valence-electron chi connectivity index (χ4n) is 1.76. The zero-order valence-corrected chi connectivity index (χ0v) is 11.9. The summed E-state index contributed by atoms with van der Waals surface area (Å²) >= 11 is 1.16. The van der Waals surface area contributed by atoms with Crippen LogP contribution in [-0.4, -0.2) is 17.0 Å². The highest BCUT2D eigenvalue weighted by Crippen LogP contribution is 2.23. The van der Waals surface area contributed by atoms with E-state index in [1.807, 2.05) is 0 Å². The molecule has 0 fully saturated rings. The van der Waals surface area contributed by atoms with E-state index < -0.39 is 17.7 Å². The molecule has 0 aliphatic carbocycles. The van der Waals surface area contributed by atoms with E-state index in [1.165, 1.54) is 12.1 Å². The van der Waals surface area contributed by atoms with Crippen molar-refractivity contribution in [2.24, 2.45) is 0 Å². The molecule has 1 heterocycles. The highest BCUT2D eigenvalue weighted by Gasteiger charge is 2.15. The number of carboxylic acid groups (broad SMARTS) is 1. The van der Waals surface area contributed by atoms with Crippen LogP contribution in [0.15, 0.2) is 35.7 Å². The molecular formula is C15H12FNO3S. The number of aliphatic carboxylic acids is 1. The van der Waals surface area contributed by atoms with Crippen molar-refractivity contribution in [1.29, 1.82) is 0 Å². The zero-order valence-electron chi connectivity index (χ0n) is 11.1. The molecule has 1 amide bonds. The maximum Gasteiger partial charge on any atom is 0.328 e. The molecule has 0 bridgehead atoms. The number of benzene rings is 1. The maximum atomic E-state index is 13.7. The second-order valence-corrected chi connectivity index (χ2v) is 5.18. The molecule has 0 unspecified atom stereocenters. The Balaban J connectivity index is 2.26. The number of amides is 1. The standard InChI is InChI=1S/C15H12FNO3S/c1-9-3-2-4-11(16)13(9)17-15(20)14-10(7-8-21-14)5-6-12(18)19/h2-8H,1H3,(H,17,20)(H,18,19)/b6-5+. The Labute approximate surface area is 124 Å². The minimum atomic E-state index is -1.10. The molecule has 6 heteroatoms. The van der Waals surface area contributed by atoms with E-state index in [0.29, 0.717) is 16.0 Å². The molecule has 1 aromatic heterocycles. The van der Waals surface area contributed by atoms with E-state index in [9.17, 15) is 14.0 Å². The highest BCUT2D eigenvalue weighted by atomic mass is 32.1. The Hall–Kier alpha value is -2.47. The highest BCUT2D eigenvalue weighted by molar-refractivity contribution is 7.12. The number of carbonyl (C=O) groups excluding carboxylic acids is 1. The SMILES string of the molecule is Cc1cccc(F)c1NC(=O)c1sccc1/C=C/C(=O)O. The Morgan fingerprint density at radius 3 is 2.76 bits per heavy atom. The van der Waals surface area contributed by atoms with Gasteiger partial charge in [0.2, 0.25) is 0 Å². The Morgan fingerprint density at radius 1 is 1.33 bits per heavy atom. The monoisotopic (exact) mass is 305 g/mol. The summed E-state index contributed by atoms with van der Waals surface area (Å²) in [5.41, 5.74) is 1.22. The summed E-state index contributed by atoms with van der Waals surface area (Å²) in [7, 11) is 0. The second-order valence-electron chi connectivity index (χ2n) is 4.26. The van der Waals surface area contributed by atoms with Gasteiger partial charge in [0, 0.05) is 6.08 Å². The van der Waals surface area contributed by atoms with Gasteiger partial charge in [-0.1, -0.05) is 12.1 Å². The lowest BCUT2D eigenvalue weighted by atomic mass is 10.2. The van der Waals surface area contributed by atoms with Crippen LogP contribution in [0.25, 0.3) is 6.08 Å². The molecule has 2 rings (SSSR count). The van der Waals surface area contributed by atoms with Crippen LogP contribution < -0.4 is 5.32 Å². The quantitative estimate of drug-likeness (QED) is 0.849. The van der Waals surface area contributed by atoms with Gasteiger partial charge < -0.3 is 10.4 Å². The third kappa shape index (κ3) is 3.55. The van der Waals surface area contributed by atoms with Crippen LogP contribution in [0, 0.1) is 12.7 Å². The van der Waals surface area contributed by atoms with Crippen LogP contribution >= 0.6 is 11.3 Å². The Bertz CT molecular complexity index is 701. The lowest BCUT2D eigenvalue weighted by Gasteiger charge is -2.08. The molecule has 0 spiro atoms. The van der Waals surface area contributed by atoms with E-state index in [0.717, 1.165) is 17.4 Å². The van der Waals surface area contributed by atoms with Gasteiger partial charge in [0.05, 0.1) is 10.6 Å². The molecule has 0 radical (unpaired) electrons. The Kier molecular flexibility index (Phi) is 4.49. The first-order valence-corrected chi connectivity index (χ1v) is 6.92. The molecular weight excluding hydrogens is 293 g/mol. The number of carbonyl (C=O) groups is 2. The van der Waals surface area contributed by atoms with Gasteiger partial charge in [-0.3, -0.25) is 4.79 Å². The van der Waals surface area contributed by atoms with E-state index in [2.05, 4.69) is 5.32 Å². The van der Waals surface area contributed by atoms with Gasteiger partial charge in [-0.2, -0.15) is 0 Å². The molecule has 21 heavy (non-hydrogen) atoms. The molecule has 0 saturated carbocycles. The minimum Gasteiger partial charge on any atom is -0.478 e. The normalized spacial score (nSPS) is 10.8. The smallest absolute Gasteiger partial charge is 0.328 e. The lowest BCUT2D eigenvalue weighted by Crippen LogP contribution is -2.13. The number of hydrogen-bond acceptors (Lipinski definition) is 3. The average Bonchev–Trinajstić information content (AvgIpc) is 2.89. The summed E-state index contributed by atoms with van der Waals surface area (Å²) < 4.78 is 13.7. The third-order valence-corrected chi connectivity index (χ3v) is 3.70. The predicted molar refractivity (Wildman–Crippen MR) is 80.1 cm³/mol. The minimum absolute atomic E-state index is 0.129. The summed E-state index contributed by atoms with van der Waals surface area (Å²) in [5.74, 6) is -2.08. The number of hydrogen-bond donors (Lipinski definition) is 2. The summed E-state index contributed by atoms with van der Waals surface area (Å²) in [6.45, 7) is 1.69. The molecule has 4 nitrogen and oxygen atoms in total. The van der Waals surface area contributed by atoms with Crippen molar-refractivity contribution < 1.29 is 19.1 Å². The first-order chi connectivity index (χ1) is 9.99. The summed E-state index contributed by atoms with van der Waals surface area (Å²) in [4.78, 5) is 23.0. The van der Waals surface area contributed by atoms with Crippen molar-refractivity contribution in [1.82, 2.24) is 0 Å². The largest absolute Gasteiger partial charge is 0.478 e. The summed E-state index contributed by atoms with van der Waals surface area (Å²) in [5, 5.41) is 12.8. The Morgan fingerprint density at radius 2 is 2.10 bits per heavy atom. The fourth-order valence-corrected chi connectivity index (χ4v) is 2.54. The van der Waals surface area contributed by atoms with Gasteiger partial charge in [-0.25, -0.2) is 9.18 Å². The number of para-hydroxylation sites is 1. The van der Waals surface area contributed by atoms with Crippen LogP contribution in [0.3, 0.4) is 0 Å². The molecule has 0 aliphatic rings. The van der Waals surface area contributed by atoms with Gasteiger partial charge >= 0.3 is 5.97 Å². The number of halogens is 1. The zero-order chi connectivity index (χ0) is 15.4. The number of rotatable bonds is 4. The second kappa shape index (κ2) is 6.32. The number of anilines is 1. The van der Waals surface area contributed by atoms with E-state index >= 15 is 0 Å². The first-order valence-electron chi connectivity index (χ1n) is 6.04. The number of thiophene rings is 1. The van der Waals surface area contributed by atoms with Crippen molar-refractivity contribution in [2.75, 3.05) is 5.32 Å².